The Morgan fingerprint density at radius 3 is 2.25 bits per heavy atom. The molecule has 0 aliphatic carbocycles. The molecule has 1 aliphatic rings. The van der Waals surface area contributed by atoms with Gasteiger partial charge in [-0.2, -0.15) is 0 Å². The highest BCUT2D eigenvalue weighted by atomic mass is 16.5. The number of carboxylic acid groups (broad SMARTS) is 1. The lowest BCUT2D eigenvalue weighted by Gasteiger charge is -2.31. The summed E-state index contributed by atoms with van der Waals surface area (Å²) < 4.78 is 6.02. The quantitative estimate of drug-likeness (QED) is 0.327. The highest BCUT2D eigenvalue weighted by Gasteiger charge is 2.20. The molecule has 0 bridgehead atoms. The fourth-order valence-electron chi connectivity index (χ4n) is 5.31. The fourth-order valence-corrected chi connectivity index (χ4v) is 5.31. The summed E-state index contributed by atoms with van der Waals surface area (Å²) in [6, 6.07) is 15.0. The number of carbonyl (C=O) groups is 2. The number of amides is 1. The number of anilines is 1. The Labute approximate surface area is 241 Å². The lowest BCUT2D eigenvalue weighted by atomic mass is 10.00. The van der Waals surface area contributed by atoms with E-state index in [1.165, 1.54) is 24.9 Å². The molecule has 0 atom stereocenters. The maximum atomic E-state index is 13.3. The Bertz CT molecular complexity index is 1080. The van der Waals surface area contributed by atoms with Crippen molar-refractivity contribution in [3.05, 3.63) is 48.0 Å². The summed E-state index contributed by atoms with van der Waals surface area (Å²) in [5.41, 5.74) is 4.62. The third-order valence-corrected chi connectivity index (χ3v) is 7.36. The van der Waals surface area contributed by atoms with Crippen LogP contribution < -0.4 is 9.64 Å². The van der Waals surface area contributed by atoms with Gasteiger partial charge in [-0.3, -0.25) is 9.59 Å². The summed E-state index contributed by atoms with van der Waals surface area (Å²) in [7, 11) is 0. The largest absolute Gasteiger partial charge is 0.493 e. The number of fused-ring (bicyclic) bond motifs is 1. The Hall–Kier alpha value is -3.02. The van der Waals surface area contributed by atoms with E-state index in [4.69, 9.17) is 9.84 Å². The van der Waals surface area contributed by atoms with Gasteiger partial charge in [-0.1, -0.05) is 77.6 Å². The monoisotopic (exact) mass is 550 g/mol. The lowest BCUT2D eigenvalue weighted by molar-refractivity contribution is -0.137. The van der Waals surface area contributed by atoms with Crippen molar-refractivity contribution in [2.24, 2.45) is 11.8 Å². The van der Waals surface area contributed by atoms with Crippen molar-refractivity contribution in [3.8, 4) is 16.9 Å². The molecule has 220 valence electrons. The smallest absolute Gasteiger partial charge is 0.303 e. The van der Waals surface area contributed by atoms with Gasteiger partial charge in [-0.25, -0.2) is 0 Å². The molecule has 0 aromatic heterocycles. The van der Waals surface area contributed by atoms with E-state index in [-0.39, 0.29) is 18.7 Å². The Balaban J connectivity index is 1.97. The van der Waals surface area contributed by atoms with Gasteiger partial charge in [0.2, 0.25) is 5.91 Å². The highest BCUT2D eigenvalue weighted by molar-refractivity contribution is 5.78. The molecular weight excluding hydrogens is 500 g/mol. The number of benzene rings is 2. The number of nitrogens with zero attached hydrogens (tertiary/aromatic N) is 2. The van der Waals surface area contributed by atoms with Crippen LogP contribution in [0.15, 0.2) is 42.5 Å². The van der Waals surface area contributed by atoms with Crippen molar-refractivity contribution < 1.29 is 19.4 Å². The van der Waals surface area contributed by atoms with Crippen molar-refractivity contribution in [1.82, 2.24) is 4.90 Å². The van der Waals surface area contributed by atoms with Gasteiger partial charge in [0.05, 0.1) is 6.61 Å². The molecule has 0 saturated heterocycles. The Morgan fingerprint density at radius 1 is 0.850 bits per heavy atom. The van der Waals surface area contributed by atoms with E-state index in [1.807, 2.05) is 11.0 Å². The van der Waals surface area contributed by atoms with Gasteiger partial charge in [-0.05, 0) is 66.0 Å². The lowest BCUT2D eigenvalue weighted by Crippen LogP contribution is -2.34. The maximum Gasteiger partial charge on any atom is 0.303 e. The topological polar surface area (TPSA) is 70.1 Å². The van der Waals surface area contributed by atoms with E-state index < -0.39 is 5.97 Å². The number of aliphatic carboxylic acids is 1. The molecular formula is C34H50N2O4. The molecule has 6 heteroatoms. The average Bonchev–Trinajstić information content (AvgIpc) is 2.93. The van der Waals surface area contributed by atoms with Gasteiger partial charge in [0.1, 0.15) is 5.75 Å². The van der Waals surface area contributed by atoms with Crippen LogP contribution in [-0.2, 0) is 16.1 Å². The second-order valence-corrected chi connectivity index (χ2v) is 12.1. The van der Waals surface area contributed by atoms with Crippen LogP contribution in [0, 0.1) is 11.8 Å². The average molecular weight is 551 g/mol. The first kappa shape index (κ1) is 31.5. The second-order valence-electron chi connectivity index (χ2n) is 12.1. The molecule has 1 aliphatic heterocycles. The molecule has 0 radical (unpaired) electrons. The zero-order valence-corrected chi connectivity index (χ0v) is 25.2. The number of carbonyl (C=O) groups excluding carboxylic acids is 1. The van der Waals surface area contributed by atoms with Crippen LogP contribution in [0.4, 0.5) is 5.69 Å². The van der Waals surface area contributed by atoms with Gasteiger partial charge in [0.25, 0.3) is 0 Å². The molecule has 0 fully saturated rings. The first-order chi connectivity index (χ1) is 19.2. The van der Waals surface area contributed by atoms with Crippen LogP contribution in [0.2, 0.25) is 0 Å². The molecule has 3 rings (SSSR count). The highest BCUT2D eigenvalue weighted by Crippen LogP contribution is 2.32. The van der Waals surface area contributed by atoms with Gasteiger partial charge in [0, 0.05) is 44.7 Å². The van der Waals surface area contributed by atoms with E-state index >= 15 is 0 Å². The van der Waals surface area contributed by atoms with Crippen LogP contribution >= 0.6 is 0 Å². The van der Waals surface area contributed by atoms with E-state index in [9.17, 15) is 9.59 Å². The molecule has 1 N–H and O–H groups in total. The first-order valence-electron chi connectivity index (χ1n) is 15.3. The minimum Gasteiger partial charge on any atom is -0.493 e. The second kappa shape index (κ2) is 16.3. The molecule has 1 heterocycles. The molecule has 40 heavy (non-hydrogen) atoms. The summed E-state index contributed by atoms with van der Waals surface area (Å²) in [4.78, 5) is 28.8. The van der Waals surface area contributed by atoms with Gasteiger partial charge < -0.3 is 19.6 Å². The maximum absolute atomic E-state index is 13.3. The van der Waals surface area contributed by atoms with Crippen LogP contribution in [0.1, 0.15) is 91.0 Å². The molecule has 2 aromatic carbocycles. The molecule has 0 spiro atoms. The zero-order chi connectivity index (χ0) is 28.9. The van der Waals surface area contributed by atoms with Crippen LogP contribution in [-0.4, -0.2) is 48.1 Å². The molecule has 0 saturated carbocycles. The molecule has 2 aromatic rings. The summed E-state index contributed by atoms with van der Waals surface area (Å²) in [6.07, 6.45) is 7.58. The minimum atomic E-state index is -0.849. The third-order valence-electron chi connectivity index (χ3n) is 7.36. The van der Waals surface area contributed by atoms with E-state index in [0.29, 0.717) is 38.0 Å². The number of hydrogen-bond acceptors (Lipinski definition) is 4. The van der Waals surface area contributed by atoms with Gasteiger partial charge in [0.15, 0.2) is 0 Å². The van der Waals surface area contributed by atoms with Crippen molar-refractivity contribution in [2.75, 3.05) is 31.1 Å². The molecule has 6 nitrogen and oxygen atoms in total. The standard InChI is InChI=1S/C34H50N2O4/c1-26(2)23-35-19-9-7-5-6-8-10-20-36(33(37)15-12-16-34(38)39)24-30-18-17-29(22-32(30)35)28-13-11-14-31(21-28)40-25-27(3)4/h11,13-14,17-18,21-22,26-27H,5-10,12,15-16,19-20,23-25H2,1-4H3,(H,38,39). The SMILES string of the molecule is CC(C)COc1cccc(-c2ccc3c(c2)N(CC(C)C)CCCCCCCCN(C(=O)CCCC(=O)O)C3)c1. The number of hydrogen-bond donors (Lipinski definition) is 1. The molecule has 1 amide bonds. The minimum absolute atomic E-state index is 0.0294. The normalized spacial score (nSPS) is 15.2. The van der Waals surface area contributed by atoms with Crippen molar-refractivity contribution in [1.29, 1.82) is 0 Å². The predicted octanol–water partition coefficient (Wildman–Crippen LogP) is 7.79. The number of carboxylic acids is 1. The van der Waals surface area contributed by atoms with Gasteiger partial charge >= 0.3 is 5.97 Å². The first-order valence-corrected chi connectivity index (χ1v) is 15.3. The third kappa shape index (κ3) is 10.5. The van der Waals surface area contributed by atoms with Crippen LogP contribution in [0.25, 0.3) is 11.1 Å². The summed E-state index contributed by atoms with van der Waals surface area (Å²) in [5.74, 6) is 1.06. The van der Waals surface area contributed by atoms with Crippen molar-refractivity contribution in [2.45, 2.75) is 92.0 Å². The van der Waals surface area contributed by atoms with Crippen molar-refractivity contribution >= 4 is 17.6 Å². The summed E-state index contributed by atoms with van der Waals surface area (Å²) in [5, 5.41) is 9.06. The summed E-state index contributed by atoms with van der Waals surface area (Å²) >= 11 is 0. The van der Waals surface area contributed by atoms with Gasteiger partial charge in [-0.15, -0.1) is 0 Å². The summed E-state index contributed by atoms with van der Waals surface area (Å²) in [6.45, 7) is 12.7. The zero-order valence-electron chi connectivity index (χ0n) is 25.2. The predicted molar refractivity (Wildman–Crippen MR) is 164 cm³/mol. The number of ether oxygens (including phenoxy) is 1. The Morgan fingerprint density at radius 2 is 1.55 bits per heavy atom. The van der Waals surface area contributed by atoms with E-state index in [2.05, 4.69) is 69.0 Å². The fraction of sp³-hybridized carbons (Fsp3) is 0.588. The van der Waals surface area contributed by atoms with E-state index in [1.54, 1.807) is 0 Å². The Kier molecular flexibility index (Phi) is 12.8. The van der Waals surface area contributed by atoms with Crippen LogP contribution in [0.3, 0.4) is 0 Å². The number of rotatable bonds is 10. The van der Waals surface area contributed by atoms with Crippen LogP contribution in [0.5, 0.6) is 5.75 Å². The van der Waals surface area contributed by atoms with Crippen molar-refractivity contribution in [3.63, 3.8) is 0 Å². The molecule has 0 unspecified atom stereocenters. The van der Waals surface area contributed by atoms with E-state index in [0.717, 1.165) is 54.8 Å².